The minimum Gasteiger partial charge on any atom is -0.491 e. The molecule has 0 saturated carbocycles. The Balaban J connectivity index is 1.26. The number of aromatic nitrogens is 6. The molecule has 1 N–H and O–H groups in total. The second-order valence-electron chi connectivity index (χ2n) is 10.5. The Morgan fingerprint density at radius 1 is 0.909 bits per heavy atom. The lowest BCUT2D eigenvalue weighted by Crippen LogP contribution is -2.44. The van der Waals surface area contributed by atoms with Gasteiger partial charge in [0.1, 0.15) is 24.3 Å². The number of pyridine rings is 1. The Labute approximate surface area is 252 Å². The van der Waals surface area contributed by atoms with Crippen LogP contribution in [0.4, 0.5) is 17.3 Å². The molecule has 4 aromatic heterocycles. The van der Waals surface area contributed by atoms with Crippen molar-refractivity contribution < 1.29 is 14.5 Å². The van der Waals surface area contributed by atoms with Crippen LogP contribution in [0.3, 0.4) is 0 Å². The van der Waals surface area contributed by atoms with E-state index in [1.165, 1.54) is 23.5 Å². The molecule has 1 aliphatic rings. The highest BCUT2D eigenvalue weighted by atomic mass is 17.2. The number of piperazine rings is 1. The molecule has 1 aliphatic heterocycles. The number of hydrogen-bond acceptors (Lipinski definition) is 11. The van der Waals surface area contributed by atoms with Crippen molar-refractivity contribution in [2.24, 2.45) is 0 Å². The Morgan fingerprint density at radius 2 is 1.75 bits per heavy atom. The van der Waals surface area contributed by atoms with Crippen molar-refractivity contribution in [2.45, 2.75) is 0 Å². The quantitative estimate of drug-likeness (QED) is 0.151. The highest BCUT2D eigenvalue weighted by Crippen LogP contribution is 2.28. The van der Waals surface area contributed by atoms with E-state index >= 15 is 0 Å². The van der Waals surface area contributed by atoms with Crippen LogP contribution in [0.25, 0.3) is 33.4 Å². The van der Waals surface area contributed by atoms with Crippen molar-refractivity contribution in [3.8, 4) is 11.6 Å². The summed E-state index contributed by atoms with van der Waals surface area (Å²) in [6, 6.07) is 19.3. The zero-order valence-corrected chi connectivity index (χ0v) is 24.4. The van der Waals surface area contributed by atoms with Gasteiger partial charge in [-0.25, -0.2) is 29.4 Å². The maximum Gasteiger partial charge on any atom is 0.284 e. The van der Waals surface area contributed by atoms with Gasteiger partial charge in [-0.05, 0) is 55.6 Å². The molecule has 0 amide bonds. The van der Waals surface area contributed by atoms with Crippen molar-refractivity contribution in [3.63, 3.8) is 0 Å². The lowest BCUT2D eigenvalue weighted by atomic mass is 10.2. The van der Waals surface area contributed by atoms with E-state index in [1.54, 1.807) is 10.9 Å². The second kappa shape index (κ2) is 11.9. The summed E-state index contributed by atoms with van der Waals surface area (Å²) < 4.78 is 9.08. The van der Waals surface area contributed by atoms with Crippen LogP contribution in [0.15, 0.2) is 77.9 Å². The van der Waals surface area contributed by atoms with Gasteiger partial charge in [-0.15, -0.1) is 0 Å². The summed E-state index contributed by atoms with van der Waals surface area (Å²) in [5, 5.41) is 4.28. The minimum absolute atomic E-state index is 0.264. The number of nitrogens with zero attached hydrogens (tertiary/aromatic N) is 8. The molecule has 7 rings (SSSR count). The van der Waals surface area contributed by atoms with E-state index in [0.717, 1.165) is 37.3 Å². The molecule has 1 fully saturated rings. The first kappa shape index (κ1) is 27.7. The molecule has 13 nitrogen and oxygen atoms in total. The van der Waals surface area contributed by atoms with Crippen LogP contribution < -0.4 is 20.5 Å². The van der Waals surface area contributed by atoms with Gasteiger partial charge in [0.2, 0.25) is 5.95 Å². The third-order valence-corrected chi connectivity index (χ3v) is 7.65. The van der Waals surface area contributed by atoms with Gasteiger partial charge in [-0.2, -0.15) is 9.50 Å². The summed E-state index contributed by atoms with van der Waals surface area (Å²) in [6.07, 6.45) is 3.18. The van der Waals surface area contributed by atoms with Crippen molar-refractivity contribution in [1.82, 2.24) is 34.0 Å². The molecule has 0 bridgehead atoms. The van der Waals surface area contributed by atoms with Gasteiger partial charge in [0.15, 0.2) is 17.1 Å². The lowest BCUT2D eigenvalue weighted by Gasteiger charge is -2.34. The van der Waals surface area contributed by atoms with Crippen LogP contribution in [0, 0.1) is 0 Å². The molecule has 0 aliphatic carbocycles. The van der Waals surface area contributed by atoms with Crippen molar-refractivity contribution in [3.05, 3.63) is 83.4 Å². The number of ether oxygens (including phenoxy) is 1. The third kappa shape index (κ3) is 5.28. The molecule has 0 atom stereocenters. The number of fused-ring (bicyclic) bond motifs is 4. The fourth-order valence-electron chi connectivity index (χ4n) is 5.39. The van der Waals surface area contributed by atoms with Gasteiger partial charge in [0.25, 0.3) is 5.56 Å². The number of likely N-dealkylation sites (N-methyl/N-ethyl adjacent to an activating group) is 1. The first-order valence-electron chi connectivity index (χ1n) is 14.3. The van der Waals surface area contributed by atoms with Crippen molar-refractivity contribution >= 4 is 44.9 Å². The smallest absolute Gasteiger partial charge is 0.284 e. The van der Waals surface area contributed by atoms with Crippen LogP contribution in [-0.4, -0.2) is 87.6 Å². The lowest BCUT2D eigenvalue weighted by molar-refractivity contribution is -0.274. The molecule has 2 aromatic carbocycles. The van der Waals surface area contributed by atoms with Crippen LogP contribution in [0.5, 0.6) is 5.75 Å². The highest BCUT2D eigenvalue weighted by molar-refractivity contribution is 5.96. The van der Waals surface area contributed by atoms with Gasteiger partial charge < -0.3 is 19.9 Å². The van der Waals surface area contributed by atoms with Gasteiger partial charge in [-0.1, -0.05) is 6.07 Å². The monoisotopic (exact) mass is 593 g/mol. The van der Waals surface area contributed by atoms with Crippen LogP contribution in [0.2, 0.25) is 0 Å². The topological polar surface area (TPSA) is 124 Å². The summed E-state index contributed by atoms with van der Waals surface area (Å²) in [4.78, 5) is 46.7. The molecule has 44 heavy (non-hydrogen) atoms. The van der Waals surface area contributed by atoms with E-state index in [4.69, 9.17) is 14.6 Å². The largest absolute Gasteiger partial charge is 0.491 e. The maximum atomic E-state index is 14.0. The number of nitrogens with one attached hydrogen (secondary N) is 1. The summed E-state index contributed by atoms with van der Waals surface area (Å²) in [6.45, 7) is 4.65. The predicted octanol–water partition coefficient (Wildman–Crippen LogP) is 3.43. The summed E-state index contributed by atoms with van der Waals surface area (Å²) >= 11 is 0. The van der Waals surface area contributed by atoms with E-state index in [-0.39, 0.29) is 24.2 Å². The second-order valence-corrected chi connectivity index (χ2v) is 10.5. The Bertz CT molecular complexity index is 1990. The van der Waals surface area contributed by atoms with Crippen LogP contribution in [0.1, 0.15) is 0 Å². The molecule has 224 valence electrons. The van der Waals surface area contributed by atoms with Crippen LogP contribution >= 0.6 is 0 Å². The molecular formula is C31H31N9O4. The van der Waals surface area contributed by atoms with Gasteiger partial charge >= 0.3 is 0 Å². The molecular weight excluding hydrogens is 562 g/mol. The zero-order valence-electron chi connectivity index (χ0n) is 24.4. The normalized spacial score (nSPS) is 14.1. The van der Waals surface area contributed by atoms with E-state index in [0.29, 0.717) is 34.3 Å². The van der Waals surface area contributed by atoms with Crippen LogP contribution in [-0.2, 0) is 9.78 Å². The average Bonchev–Trinajstić information content (AvgIpc) is 3.38. The fraction of sp³-hybridized carbons (Fsp3) is 0.258. The first-order chi connectivity index (χ1) is 21.6. The predicted molar refractivity (Wildman–Crippen MR) is 167 cm³/mol. The van der Waals surface area contributed by atoms with Gasteiger partial charge in [0.05, 0.1) is 12.6 Å². The van der Waals surface area contributed by atoms with E-state index < -0.39 is 0 Å². The fourth-order valence-corrected chi connectivity index (χ4v) is 5.39. The Kier molecular flexibility index (Phi) is 7.48. The first-order valence-corrected chi connectivity index (χ1v) is 14.3. The number of hydrogen-bond donors (Lipinski definition) is 1. The average molecular weight is 594 g/mol. The number of benzene rings is 2. The van der Waals surface area contributed by atoms with Gasteiger partial charge in [-0.3, -0.25) is 4.79 Å². The molecule has 0 radical (unpaired) electrons. The highest BCUT2D eigenvalue weighted by Gasteiger charge is 2.20. The molecule has 0 unspecified atom stereocenters. The van der Waals surface area contributed by atoms with Gasteiger partial charge in [0, 0.05) is 61.4 Å². The van der Waals surface area contributed by atoms with E-state index in [2.05, 4.69) is 54.1 Å². The molecule has 13 heteroatoms. The Morgan fingerprint density at radius 3 is 2.52 bits per heavy atom. The third-order valence-electron chi connectivity index (χ3n) is 7.65. The summed E-state index contributed by atoms with van der Waals surface area (Å²) in [5.74, 6) is 1.50. The minimum atomic E-state index is -0.314. The van der Waals surface area contributed by atoms with E-state index in [9.17, 15) is 4.79 Å². The van der Waals surface area contributed by atoms with E-state index in [1.807, 2.05) is 48.5 Å². The molecule has 1 saturated heterocycles. The number of rotatable bonds is 9. The maximum absolute atomic E-state index is 14.0. The summed E-state index contributed by atoms with van der Waals surface area (Å²) in [5.41, 5.74) is 3.14. The molecule has 6 aromatic rings. The molecule has 5 heterocycles. The standard InChI is InChI=1S/C31H31N9O4/c1-37-13-15-38(16-14-37)22-8-6-21(7-9-22)34-31-33-20-25-28(36-31)35-29-24-11-10-23(43-17-18-44-42-2)19-26(24)39(40(29)30(25)41)27-5-3-4-12-32-27/h3-12,19-20H,13-18H2,1-2H3,(H,33,34,36). The summed E-state index contributed by atoms with van der Waals surface area (Å²) in [7, 11) is 3.59. The van der Waals surface area contributed by atoms with Crippen molar-refractivity contribution in [2.75, 3.05) is 63.8 Å². The Hall–Kier alpha value is -5.11. The van der Waals surface area contributed by atoms with Crippen molar-refractivity contribution in [1.29, 1.82) is 0 Å². The molecule has 0 spiro atoms. The SMILES string of the molecule is COOCCOc1ccc2c(c1)n(-c1ccccn1)n1c(=O)c3cnc(Nc4ccc(N5CCN(C)CC5)cc4)nc3nc21. The zero-order chi connectivity index (χ0) is 30.0. The number of anilines is 3.